The summed E-state index contributed by atoms with van der Waals surface area (Å²) in [6, 6.07) is 0. The normalized spacial score (nSPS) is 31.8. The van der Waals surface area contributed by atoms with Gasteiger partial charge in [-0.3, -0.25) is 9.59 Å². The summed E-state index contributed by atoms with van der Waals surface area (Å²) in [6.45, 7) is 16.3. The van der Waals surface area contributed by atoms with Crippen molar-refractivity contribution in [2.24, 2.45) is 17.8 Å². The van der Waals surface area contributed by atoms with Crippen LogP contribution in [0.2, 0.25) is 0 Å². The maximum absolute atomic E-state index is 12.8. The monoisotopic (exact) mass is 462 g/mol. The lowest BCUT2D eigenvalue weighted by molar-refractivity contribution is -0.238. The highest BCUT2D eigenvalue weighted by atomic mass is 16.5. The van der Waals surface area contributed by atoms with Crippen molar-refractivity contribution in [1.29, 1.82) is 0 Å². The van der Waals surface area contributed by atoms with Gasteiger partial charge in [0.05, 0.1) is 5.60 Å². The molecule has 0 aromatic heterocycles. The zero-order valence-corrected chi connectivity index (χ0v) is 22.7. The molecule has 1 heterocycles. The van der Waals surface area contributed by atoms with Gasteiger partial charge in [0, 0.05) is 0 Å². The average Bonchev–Trinajstić information content (AvgIpc) is 2.87. The molecule has 1 fully saturated rings. The highest BCUT2D eigenvalue weighted by Crippen LogP contribution is 2.54. The van der Waals surface area contributed by atoms with E-state index >= 15 is 0 Å². The van der Waals surface area contributed by atoms with Crippen molar-refractivity contribution in [2.45, 2.75) is 143 Å². The molecule has 4 heteroatoms. The molecule has 0 radical (unpaired) electrons. The van der Waals surface area contributed by atoms with Crippen LogP contribution in [-0.4, -0.2) is 33.5 Å². The van der Waals surface area contributed by atoms with Gasteiger partial charge in [0.1, 0.15) is 0 Å². The number of carbonyl (C=O) groups is 2. The predicted molar refractivity (Wildman–Crippen MR) is 135 cm³/mol. The summed E-state index contributed by atoms with van der Waals surface area (Å²) in [5.74, 6) is 1.69. The number of rotatable bonds is 13. The lowest BCUT2D eigenvalue weighted by Gasteiger charge is -2.51. The minimum absolute atomic E-state index is 0.269. The van der Waals surface area contributed by atoms with E-state index in [1.54, 1.807) is 13.8 Å². The molecule has 1 aliphatic heterocycles. The van der Waals surface area contributed by atoms with Gasteiger partial charge in [0.15, 0.2) is 22.8 Å². The van der Waals surface area contributed by atoms with Crippen molar-refractivity contribution in [3.8, 4) is 0 Å². The lowest BCUT2D eigenvalue weighted by Crippen LogP contribution is -2.67. The van der Waals surface area contributed by atoms with Crippen LogP contribution in [0, 0.1) is 17.8 Å². The van der Waals surface area contributed by atoms with Crippen molar-refractivity contribution < 1.29 is 19.4 Å². The number of hydrogen-bond donors (Lipinski definition) is 1. The Labute approximate surface area is 202 Å². The molecule has 1 saturated heterocycles. The molecule has 0 bridgehead atoms. The van der Waals surface area contributed by atoms with E-state index < -0.39 is 16.8 Å². The van der Waals surface area contributed by atoms with E-state index in [1.165, 1.54) is 45.4 Å². The fourth-order valence-corrected chi connectivity index (χ4v) is 6.14. The molecule has 0 spiro atoms. The van der Waals surface area contributed by atoms with E-state index in [4.69, 9.17) is 4.74 Å². The van der Waals surface area contributed by atoms with Crippen LogP contribution in [0.15, 0.2) is 11.1 Å². The van der Waals surface area contributed by atoms with Gasteiger partial charge in [0.25, 0.3) is 0 Å². The third kappa shape index (κ3) is 5.99. The summed E-state index contributed by atoms with van der Waals surface area (Å²) in [6.07, 6.45) is 11.8. The molecule has 0 aromatic rings. The standard InChI is InChI=1S/C29H50O4/c1-20(2)12-9-13-21(3)14-10-15-22(4)16-11-17-27(8)18-19-28(32)26(31)23(5)24(6)29(28,33-27)25(7)30/h20-22,32H,9-19H2,1-8H3. The van der Waals surface area contributed by atoms with Gasteiger partial charge in [-0.25, -0.2) is 0 Å². The first kappa shape index (κ1) is 28.2. The Hall–Kier alpha value is -1.00. The molecule has 5 unspecified atom stereocenters. The molecule has 1 N–H and O–H groups in total. The van der Waals surface area contributed by atoms with Crippen molar-refractivity contribution >= 4 is 11.6 Å². The van der Waals surface area contributed by atoms with Crippen LogP contribution in [0.1, 0.15) is 126 Å². The molecule has 2 rings (SSSR count). The molecule has 190 valence electrons. The summed E-state index contributed by atoms with van der Waals surface area (Å²) < 4.78 is 6.47. The smallest absolute Gasteiger partial charge is 0.193 e. The second-order valence-corrected chi connectivity index (χ2v) is 12.1. The zero-order chi connectivity index (χ0) is 25.0. The molecule has 0 saturated carbocycles. The summed E-state index contributed by atoms with van der Waals surface area (Å²) in [5, 5.41) is 11.3. The Morgan fingerprint density at radius 3 is 1.97 bits per heavy atom. The average molecular weight is 463 g/mol. The third-order valence-electron chi connectivity index (χ3n) is 8.57. The Morgan fingerprint density at radius 1 is 0.939 bits per heavy atom. The summed E-state index contributed by atoms with van der Waals surface area (Å²) in [4.78, 5) is 25.6. The quantitative estimate of drug-likeness (QED) is 0.321. The first-order valence-corrected chi connectivity index (χ1v) is 13.5. The van der Waals surface area contributed by atoms with Gasteiger partial charge in [-0.1, -0.05) is 79.1 Å². The zero-order valence-electron chi connectivity index (χ0n) is 22.7. The molecule has 2 aliphatic rings. The highest BCUT2D eigenvalue weighted by Gasteiger charge is 2.69. The maximum Gasteiger partial charge on any atom is 0.193 e. The fourth-order valence-electron chi connectivity index (χ4n) is 6.14. The topological polar surface area (TPSA) is 63.6 Å². The third-order valence-corrected chi connectivity index (χ3v) is 8.57. The number of carbonyl (C=O) groups excluding carboxylic acids is 2. The molecule has 33 heavy (non-hydrogen) atoms. The van der Waals surface area contributed by atoms with Gasteiger partial charge in [-0.15, -0.1) is 0 Å². The van der Waals surface area contributed by atoms with Gasteiger partial charge in [-0.2, -0.15) is 0 Å². The Bertz CT molecular complexity index is 738. The van der Waals surface area contributed by atoms with Crippen LogP contribution in [0.25, 0.3) is 0 Å². The predicted octanol–water partition coefficient (Wildman–Crippen LogP) is 6.97. The minimum Gasteiger partial charge on any atom is -0.378 e. The second-order valence-electron chi connectivity index (χ2n) is 12.1. The van der Waals surface area contributed by atoms with Gasteiger partial charge >= 0.3 is 0 Å². The molecule has 4 nitrogen and oxygen atoms in total. The largest absolute Gasteiger partial charge is 0.378 e. The molecule has 0 aromatic carbocycles. The number of ether oxygens (including phenoxy) is 1. The molecular formula is C29H50O4. The fraction of sp³-hybridized carbons (Fsp3) is 0.862. The van der Waals surface area contributed by atoms with Crippen LogP contribution in [0.5, 0.6) is 0 Å². The Morgan fingerprint density at radius 2 is 1.45 bits per heavy atom. The summed E-state index contributed by atoms with van der Waals surface area (Å²) >= 11 is 0. The highest BCUT2D eigenvalue weighted by molar-refractivity contribution is 6.13. The van der Waals surface area contributed by atoms with E-state index in [-0.39, 0.29) is 18.0 Å². The van der Waals surface area contributed by atoms with Gasteiger partial charge in [0.2, 0.25) is 0 Å². The number of Topliss-reactive ketones (excluding diaryl/α,β-unsaturated/α-hetero) is 2. The van der Waals surface area contributed by atoms with Crippen LogP contribution in [0.3, 0.4) is 0 Å². The van der Waals surface area contributed by atoms with Crippen LogP contribution >= 0.6 is 0 Å². The van der Waals surface area contributed by atoms with Gasteiger partial charge < -0.3 is 9.84 Å². The number of fused-ring (bicyclic) bond motifs is 1. The van der Waals surface area contributed by atoms with E-state index in [0.717, 1.165) is 31.1 Å². The Balaban J connectivity index is 1.84. The molecular weight excluding hydrogens is 412 g/mol. The van der Waals surface area contributed by atoms with Crippen LogP contribution in [0.4, 0.5) is 0 Å². The lowest BCUT2D eigenvalue weighted by atomic mass is 9.70. The van der Waals surface area contributed by atoms with E-state index in [2.05, 4.69) is 27.7 Å². The minimum atomic E-state index is -1.74. The molecule has 1 aliphatic carbocycles. The molecule has 0 amide bonds. The number of hydrogen-bond acceptors (Lipinski definition) is 4. The summed E-state index contributed by atoms with van der Waals surface area (Å²) in [7, 11) is 0. The first-order chi connectivity index (χ1) is 15.3. The van der Waals surface area contributed by atoms with Gasteiger partial charge in [-0.05, 0) is 75.9 Å². The van der Waals surface area contributed by atoms with Crippen molar-refractivity contribution in [3.63, 3.8) is 0 Å². The van der Waals surface area contributed by atoms with E-state index in [9.17, 15) is 14.7 Å². The van der Waals surface area contributed by atoms with Crippen molar-refractivity contribution in [2.75, 3.05) is 0 Å². The van der Waals surface area contributed by atoms with Crippen molar-refractivity contribution in [3.05, 3.63) is 11.1 Å². The van der Waals surface area contributed by atoms with Crippen LogP contribution < -0.4 is 0 Å². The Kier molecular flexibility index (Phi) is 9.55. The SMILES string of the molecule is CC(=O)C12OC(C)(CCCC(C)CCCC(C)CCCC(C)C)CCC1(O)C(=O)C(C)=C2C. The van der Waals surface area contributed by atoms with Crippen molar-refractivity contribution in [1.82, 2.24) is 0 Å². The molecule has 5 atom stereocenters. The summed E-state index contributed by atoms with van der Waals surface area (Å²) in [5.41, 5.74) is -2.70. The van der Waals surface area contributed by atoms with E-state index in [0.29, 0.717) is 23.5 Å². The van der Waals surface area contributed by atoms with E-state index in [1.807, 2.05) is 6.92 Å². The second kappa shape index (κ2) is 11.2. The number of ketones is 2. The first-order valence-electron chi connectivity index (χ1n) is 13.5. The number of aliphatic hydroxyl groups is 1. The van der Waals surface area contributed by atoms with Crippen LogP contribution in [-0.2, 0) is 14.3 Å². The maximum atomic E-state index is 12.8.